The molecule has 2 rings (SSSR count). The van der Waals surface area contributed by atoms with Gasteiger partial charge >= 0.3 is 5.97 Å². The predicted octanol–water partition coefficient (Wildman–Crippen LogP) is 4.20. The smallest absolute Gasteiger partial charge is 0.363 e. The molecule has 0 atom stereocenters. The van der Waals surface area contributed by atoms with Gasteiger partial charge in [-0.25, -0.2) is 9.79 Å². The van der Waals surface area contributed by atoms with Crippen LogP contribution in [0.2, 0.25) is 0 Å². The van der Waals surface area contributed by atoms with Crippen molar-refractivity contribution in [1.82, 2.24) is 0 Å². The Kier molecular flexibility index (Phi) is 5.14. The second kappa shape index (κ2) is 6.74. The number of aliphatic imine (C=N–C) groups is 1. The van der Waals surface area contributed by atoms with Crippen molar-refractivity contribution in [2.24, 2.45) is 10.4 Å². The van der Waals surface area contributed by atoms with Gasteiger partial charge < -0.3 is 14.2 Å². The van der Waals surface area contributed by atoms with E-state index in [1.807, 2.05) is 33.8 Å². The number of esters is 1. The van der Waals surface area contributed by atoms with E-state index in [9.17, 15) is 4.79 Å². The van der Waals surface area contributed by atoms with E-state index in [2.05, 4.69) is 20.9 Å². The zero-order valence-electron chi connectivity index (χ0n) is 13.9. The van der Waals surface area contributed by atoms with E-state index in [0.717, 1.165) is 10.0 Å². The number of cyclic esters (lactones) is 1. The molecular formula is C17H20BrNO4. The van der Waals surface area contributed by atoms with Gasteiger partial charge in [0.15, 0.2) is 17.2 Å². The quantitative estimate of drug-likeness (QED) is 0.579. The average molecular weight is 382 g/mol. The topological polar surface area (TPSA) is 57.1 Å². The maximum atomic E-state index is 12.0. The minimum absolute atomic E-state index is 0.271. The highest BCUT2D eigenvalue weighted by molar-refractivity contribution is 9.10. The maximum Gasteiger partial charge on any atom is 0.363 e. The van der Waals surface area contributed by atoms with Gasteiger partial charge in [0, 0.05) is 5.41 Å². The maximum absolute atomic E-state index is 12.0. The van der Waals surface area contributed by atoms with Crippen LogP contribution in [0.4, 0.5) is 0 Å². The molecule has 23 heavy (non-hydrogen) atoms. The number of carbonyl (C=O) groups excluding carboxylic acids is 1. The lowest BCUT2D eigenvalue weighted by Crippen LogP contribution is -2.21. The number of rotatable bonds is 4. The van der Waals surface area contributed by atoms with E-state index in [-0.39, 0.29) is 11.1 Å². The van der Waals surface area contributed by atoms with E-state index < -0.39 is 5.97 Å². The summed E-state index contributed by atoms with van der Waals surface area (Å²) < 4.78 is 16.9. The number of nitrogens with zero attached hydrogens (tertiary/aromatic N) is 1. The third kappa shape index (κ3) is 3.93. The molecule has 6 heteroatoms. The average Bonchev–Trinajstić information content (AvgIpc) is 2.83. The van der Waals surface area contributed by atoms with E-state index in [1.165, 1.54) is 0 Å². The summed E-state index contributed by atoms with van der Waals surface area (Å²) in [6.07, 6.45) is 1.67. The van der Waals surface area contributed by atoms with Crippen LogP contribution >= 0.6 is 15.9 Å². The number of methoxy groups -OCH3 is 1. The first-order valence-corrected chi connectivity index (χ1v) is 8.09. The van der Waals surface area contributed by atoms with Crippen molar-refractivity contribution in [2.75, 3.05) is 13.7 Å². The normalized spacial score (nSPS) is 16.3. The number of ether oxygens (including phenoxy) is 3. The van der Waals surface area contributed by atoms with Crippen molar-refractivity contribution < 1.29 is 19.0 Å². The lowest BCUT2D eigenvalue weighted by atomic mass is 9.97. The fraction of sp³-hybridized carbons (Fsp3) is 0.412. The Balaban J connectivity index is 2.42. The summed E-state index contributed by atoms with van der Waals surface area (Å²) in [5, 5.41) is 0. The van der Waals surface area contributed by atoms with E-state index in [1.54, 1.807) is 19.3 Å². The van der Waals surface area contributed by atoms with Crippen LogP contribution in [0.15, 0.2) is 27.3 Å². The summed E-state index contributed by atoms with van der Waals surface area (Å²) in [4.78, 5) is 16.3. The zero-order chi connectivity index (χ0) is 17.2. The van der Waals surface area contributed by atoms with Crippen molar-refractivity contribution in [2.45, 2.75) is 27.7 Å². The van der Waals surface area contributed by atoms with Crippen molar-refractivity contribution >= 4 is 33.9 Å². The van der Waals surface area contributed by atoms with Gasteiger partial charge in [0.1, 0.15) is 0 Å². The predicted molar refractivity (Wildman–Crippen MR) is 92.8 cm³/mol. The standard InChI is InChI=1S/C17H20BrNO4/c1-6-22-14-11(18)7-10(9-13(14)21-5)8-12-15(20)23-16(19-12)17(2,3)4/h7-9H,6H2,1-5H3/b12-8-. The number of hydrogen-bond acceptors (Lipinski definition) is 5. The molecule has 0 bridgehead atoms. The van der Waals surface area contributed by atoms with Gasteiger partial charge in [0.25, 0.3) is 0 Å². The summed E-state index contributed by atoms with van der Waals surface area (Å²) in [6.45, 7) is 8.26. The molecule has 0 fully saturated rings. The summed E-state index contributed by atoms with van der Waals surface area (Å²) in [7, 11) is 1.57. The molecule has 0 unspecified atom stereocenters. The van der Waals surface area contributed by atoms with Crippen LogP contribution in [0.25, 0.3) is 6.08 Å². The molecule has 0 aliphatic carbocycles. The Labute approximate surface area is 144 Å². The van der Waals surface area contributed by atoms with Crippen LogP contribution in [0, 0.1) is 5.41 Å². The SMILES string of the molecule is CCOc1c(Br)cc(/C=C2\N=C(C(C)(C)C)OC2=O)cc1OC. The third-order valence-corrected chi connectivity index (χ3v) is 3.69. The van der Waals surface area contributed by atoms with E-state index in [0.29, 0.717) is 24.0 Å². The molecule has 1 aliphatic rings. The second-order valence-corrected chi connectivity index (χ2v) is 6.91. The zero-order valence-corrected chi connectivity index (χ0v) is 15.5. The first-order valence-electron chi connectivity index (χ1n) is 7.29. The van der Waals surface area contributed by atoms with Crippen LogP contribution in [0.1, 0.15) is 33.3 Å². The molecule has 1 aliphatic heterocycles. The molecule has 1 aromatic rings. The van der Waals surface area contributed by atoms with Crippen LogP contribution in [-0.4, -0.2) is 25.6 Å². The fourth-order valence-corrected chi connectivity index (χ4v) is 2.57. The first-order chi connectivity index (χ1) is 10.8. The minimum Gasteiger partial charge on any atom is -0.493 e. The van der Waals surface area contributed by atoms with Crippen LogP contribution in [0.5, 0.6) is 11.5 Å². The van der Waals surface area contributed by atoms with Crippen molar-refractivity contribution in [3.05, 3.63) is 27.9 Å². The first kappa shape index (κ1) is 17.5. The van der Waals surface area contributed by atoms with Crippen LogP contribution < -0.4 is 9.47 Å². The van der Waals surface area contributed by atoms with Gasteiger partial charge in [-0.3, -0.25) is 0 Å². The number of hydrogen-bond donors (Lipinski definition) is 0. The number of carbonyl (C=O) groups is 1. The van der Waals surface area contributed by atoms with Crippen LogP contribution in [0.3, 0.4) is 0 Å². The molecule has 1 heterocycles. The van der Waals surface area contributed by atoms with Gasteiger partial charge in [0.2, 0.25) is 5.90 Å². The molecule has 0 saturated heterocycles. The minimum atomic E-state index is -0.445. The fourth-order valence-electron chi connectivity index (χ4n) is 2.00. The molecule has 0 saturated carbocycles. The Hall–Kier alpha value is -1.82. The van der Waals surface area contributed by atoms with Gasteiger partial charge in [-0.05, 0) is 46.6 Å². The Bertz CT molecular complexity index is 687. The molecule has 0 spiro atoms. The molecule has 0 aromatic heterocycles. The highest BCUT2D eigenvalue weighted by atomic mass is 79.9. The van der Waals surface area contributed by atoms with Crippen molar-refractivity contribution in [3.8, 4) is 11.5 Å². The lowest BCUT2D eigenvalue weighted by molar-refractivity contribution is -0.130. The second-order valence-electron chi connectivity index (χ2n) is 6.05. The summed E-state index contributed by atoms with van der Waals surface area (Å²) >= 11 is 3.46. The van der Waals surface area contributed by atoms with Crippen molar-refractivity contribution in [1.29, 1.82) is 0 Å². The molecule has 0 amide bonds. The molecular weight excluding hydrogens is 362 g/mol. The highest BCUT2D eigenvalue weighted by Gasteiger charge is 2.31. The van der Waals surface area contributed by atoms with Gasteiger partial charge in [-0.1, -0.05) is 20.8 Å². The Morgan fingerprint density at radius 1 is 1.35 bits per heavy atom. The summed E-state index contributed by atoms with van der Waals surface area (Å²) in [5.41, 5.74) is 0.721. The van der Waals surface area contributed by atoms with Gasteiger partial charge in [0.05, 0.1) is 18.2 Å². The highest BCUT2D eigenvalue weighted by Crippen LogP contribution is 2.37. The Morgan fingerprint density at radius 2 is 2.04 bits per heavy atom. The molecule has 0 N–H and O–H groups in total. The molecule has 5 nitrogen and oxygen atoms in total. The number of halogens is 1. The third-order valence-electron chi connectivity index (χ3n) is 3.11. The number of benzene rings is 1. The lowest BCUT2D eigenvalue weighted by Gasteiger charge is -2.15. The molecule has 0 radical (unpaired) electrons. The van der Waals surface area contributed by atoms with E-state index >= 15 is 0 Å². The van der Waals surface area contributed by atoms with E-state index in [4.69, 9.17) is 14.2 Å². The summed E-state index contributed by atoms with van der Waals surface area (Å²) in [5.74, 6) is 1.19. The molecule has 124 valence electrons. The van der Waals surface area contributed by atoms with Crippen LogP contribution in [-0.2, 0) is 9.53 Å². The van der Waals surface area contributed by atoms with Gasteiger partial charge in [-0.15, -0.1) is 0 Å². The summed E-state index contributed by atoms with van der Waals surface area (Å²) in [6, 6.07) is 3.64. The Morgan fingerprint density at radius 3 is 2.57 bits per heavy atom. The van der Waals surface area contributed by atoms with Gasteiger partial charge in [-0.2, -0.15) is 0 Å². The monoisotopic (exact) mass is 381 g/mol. The molecule has 1 aromatic carbocycles. The van der Waals surface area contributed by atoms with Crippen molar-refractivity contribution in [3.63, 3.8) is 0 Å². The largest absolute Gasteiger partial charge is 0.493 e.